The lowest BCUT2D eigenvalue weighted by Gasteiger charge is -2.41. The Hall–Kier alpha value is -2.75. The maximum absolute atomic E-state index is 12.8. The average Bonchev–Trinajstić information content (AvgIpc) is 3.25. The third-order valence-corrected chi connectivity index (χ3v) is 11.1. The molecule has 9 atom stereocenters. The highest BCUT2D eigenvalue weighted by Gasteiger charge is 2.51. The third kappa shape index (κ3) is 28.8. The first-order chi connectivity index (χ1) is 29.8. The third-order valence-electron chi connectivity index (χ3n) is 10.2. The Morgan fingerprint density at radius 2 is 1.11 bits per heavy atom. The molecule has 4 unspecified atom stereocenters. The Balaban J connectivity index is 2.54. The van der Waals surface area contributed by atoms with Gasteiger partial charge in [-0.2, -0.15) is 0 Å². The van der Waals surface area contributed by atoms with Gasteiger partial charge in [0.2, 0.25) is 0 Å². The maximum atomic E-state index is 12.8. The lowest BCUT2D eigenvalue weighted by Crippen LogP contribution is -2.64. The fourth-order valence-electron chi connectivity index (χ4n) is 6.46. The zero-order valence-electron chi connectivity index (χ0n) is 37.2. The number of allylic oxidation sites excluding steroid dienone is 10. The lowest BCUT2D eigenvalue weighted by atomic mass is 9.85. The normalized spacial score (nSPS) is 23.0. The van der Waals surface area contributed by atoms with Crippen molar-refractivity contribution in [2.24, 2.45) is 0 Å². The molecule has 0 radical (unpaired) electrons. The molecular formula is C47H79O14P. The highest BCUT2D eigenvalue weighted by Crippen LogP contribution is 2.47. The van der Waals surface area contributed by atoms with Gasteiger partial charge in [-0.3, -0.25) is 18.6 Å². The monoisotopic (exact) mass is 899 g/mol. The first-order valence-electron chi connectivity index (χ1n) is 22.8. The summed E-state index contributed by atoms with van der Waals surface area (Å²) in [6.07, 6.45) is 28.7. The van der Waals surface area contributed by atoms with Crippen LogP contribution in [0.25, 0.3) is 0 Å². The van der Waals surface area contributed by atoms with Gasteiger partial charge in [0, 0.05) is 12.8 Å². The number of rotatable bonds is 36. The molecule has 0 amide bonds. The van der Waals surface area contributed by atoms with Crippen molar-refractivity contribution < 1.29 is 68.2 Å². The smallest absolute Gasteiger partial charge is 0.462 e. The van der Waals surface area contributed by atoms with E-state index in [-0.39, 0.29) is 12.8 Å². The molecular weight excluding hydrogens is 819 g/mol. The highest BCUT2D eigenvalue weighted by molar-refractivity contribution is 7.47. The van der Waals surface area contributed by atoms with E-state index in [0.717, 1.165) is 38.5 Å². The molecule has 0 aromatic heterocycles. The second kappa shape index (κ2) is 36.6. The van der Waals surface area contributed by atoms with Crippen LogP contribution in [0.1, 0.15) is 149 Å². The Bertz CT molecular complexity index is 1380. The van der Waals surface area contributed by atoms with Gasteiger partial charge >= 0.3 is 19.8 Å². The molecule has 0 aliphatic heterocycles. The number of hydrogen-bond acceptors (Lipinski definition) is 13. The Morgan fingerprint density at radius 3 is 1.68 bits per heavy atom. The summed E-state index contributed by atoms with van der Waals surface area (Å²) < 4.78 is 33.4. The molecule has 14 nitrogen and oxygen atoms in total. The number of carbonyl (C=O) groups is 2. The van der Waals surface area contributed by atoms with E-state index in [2.05, 4.69) is 26.0 Å². The molecule has 0 spiro atoms. The Kier molecular flexibility index (Phi) is 33.8. The van der Waals surface area contributed by atoms with Gasteiger partial charge in [0.1, 0.15) is 43.2 Å². The molecule has 62 heavy (non-hydrogen) atoms. The lowest BCUT2D eigenvalue weighted by molar-refractivity contribution is -0.220. The van der Waals surface area contributed by atoms with E-state index in [9.17, 15) is 49.7 Å². The van der Waals surface area contributed by atoms with Crippen LogP contribution in [-0.2, 0) is 32.7 Å². The second-order valence-corrected chi connectivity index (χ2v) is 17.1. The van der Waals surface area contributed by atoms with Crippen molar-refractivity contribution in [3.63, 3.8) is 0 Å². The molecule has 15 heteroatoms. The van der Waals surface area contributed by atoms with Gasteiger partial charge < -0.3 is 45.0 Å². The van der Waals surface area contributed by atoms with E-state index in [1.54, 1.807) is 6.08 Å². The summed E-state index contributed by atoms with van der Waals surface area (Å²) in [6.45, 7) is 3.02. The number of unbranched alkanes of at least 4 members (excludes halogenated alkanes) is 12. The quantitative estimate of drug-likeness (QED) is 0.0105. The largest absolute Gasteiger partial charge is 0.472 e. The van der Waals surface area contributed by atoms with Gasteiger partial charge in [-0.1, -0.05) is 164 Å². The molecule has 0 bridgehead atoms. The van der Waals surface area contributed by atoms with Crippen molar-refractivity contribution in [1.82, 2.24) is 0 Å². The van der Waals surface area contributed by atoms with E-state index < -0.39 is 81.8 Å². The van der Waals surface area contributed by atoms with E-state index in [1.807, 2.05) is 54.7 Å². The van der Waals surface area contributed by atoms with Crippen LogP contribution >= 0.6 is 7.82 Å². The van der Waals surface area contributed by atoms with Crippen molar-refractivity contribution in [3.05, 3.63) is 72.9 Å². The minimum atomic E-state index is -5.15. The van der Waals surface area contributed by atoms with Gasteiger partial charge in [0.15, 0.2) is 6.10 Å². The summed E-state index contributed by atoms with van der Waals surface area (Å²) in [5.41, 5.74) is 0. The fraction of sp³-hybridized carbons (Fsp3) is 0.702. The van der Waals surface area contributed by atoms with E-state index >= 15 is 0 Å². The van der Waals surface area contributed by atoms with Gasteiger partial charge in [-0.15, -0.1) is 0 Å². The van der Waals surface area contributed by atoms with Gasteiger partial charge in [0.05, 0.1) is 12.7 Å². The topological polar surface area (TPSA) is 230 Å². The summed E-state index contributed by atoms with van der Waals surface area (Å²) in [6, 6.07) is 0. The number of phosphoric ester groups is 1. The van der Waals surface area contributed by atoms with Crippen molar-refractivity contribution in [2.45, 2.75) is 198 Å². The van der Waals surface area contributed by atoms with Crippen molar-refractivity contribution in [3.8, 4) is 0 Å². The molecule has 0 saturated heterocycles. The number of aliphatic hydroxyl groups excluding tert-OH is 6. The predicted molar refractivity (Wildman–Crippen MR) is 241 cm³/mol. The zero-order valence-corrected chi connectivity index (χ0v) is 38.1. The van der Waals surface area contributed by atoms with Crippen molar-refractivity contribution in [2.75, 3.05) is 13.2 Å². The van der Waals surface area contributed by atoms with Gasteiger partial charge in [-0.05, 0) is 44.9 Å². The first kappa shape index (κ1) is 57.3. The zero-order chi connectivity index (χ0) is 45.9. The van der Waals surface area contributed by atoms with Crippen molar-refractivity contribution in [1.29, 1.82) is 0 Å². The van der Waals surface area contributed by atoms with Gasteiger partial charge in [-0.25, -0.2) is 4.57 Å². The number of esters is 2. The minimum absolute atomic E-state index is 0.0459. The summed E-state index contributed by atoms with van der Waals surface area (Å²) >= 11 is 0. The molecule has 1 aliphatic carbocycles. The Morgan fingerprint density at radius 1 is 0.597 bits per heavy atom. The standard InChI is InChI=1S/C47H79O14P/c1-3-5-7-8-9-10-11-13-17-20-23-26-30-34-40(49)58-36-39(37-59-62(56,57)61-47-45(54)43(52)42(51)44(53)46(47)55)60-41(50)35-31-27-24-21-18-15-12-14-16-19-22-25-29-33-38(48)32-28-6-4-2/h6,14-16,18,22,24-25,27-29,33,38-39,42-48,51-55H,3-5,7-13,17,19-21,23,26,30-32,34-37H2,1-2H3,(H,56,57)/b16-14-,18-15-,25-22+,27-24-,28-6-,33-29+/t38?,39-,42?,43-,44+,45-,46-,47?/m1/s1. The van der Waals surface area contributed by atoms with Crippen LogP contribution in [0, 0.1) is 0 Å². The first-order valence-corrected chi connectivity index (χ1v) is 24.3. The number of phosphoric acid groups is 1. The van der Waals surface area contributed by atoms with Crippen LogP contribution in [0.2, 0.25) is 0 Å². The fourth-order valence-corrected chi connectivity index (χ4v) is 7.43. The summed E-state index contributed by atoms with van der Waals surface area (Å²) in [4.78, 5) is 35.6. The molecule has 0 aromatic rings. The molecule has 0 aromatic carbocycles. The highest BCUT2D eigenvalue weighted by atomic mass is 31.2. The summed E-state index contributed by atoms with van der Waals surface area (Å²) in [5, 5.41) is 60.0. The summed E-state index contributed by atoms with van der Waals surface area (Å²) in [7, 11) is -5.15. The molecule has 1 aliphatic rings. The second-order valence-electron chi connectivity index (χ2n) is 15.7. The van der Waals surface area contributed by atoms with Crippen LogP contribution in [0.15, 0.2) is 72.9 Å². The van der Waals surface area contributed by atoms with E-state index in [1.165, 1.54) is 57.8 Å². The number of hydrogen-bond donors (Lipinski definition) is 7. The van der Waals surface area contributed by atoms with Crippen LogP contribution in [0.4, 0.5) is 0 Å². The van der Waals surface area contributed by atoms with Gasteiger partial charge in [0.25, 0.3) is 0 Å². The molecule has 356 valence electrons. The number of aliphatic hydroxyl groups is 6. The predicted octanol–water partition coefficient (Wildman–Crippen LogP) is 7.69. The molecule has 1 saturated carbocycles. The molecule has 7 N–H and O–H groups in total. The van der Waals surface area contributed by atoms with Crippen LogP contribution in [-0.4, -0.2) is 110 Å². The Labute approximate surface area is 370 Å². The number of carbonyl (C=O) groups excluding carboxylic acids is 2. The summed E-state index contributed by atoms with van der Waals surface area (Å²) in [5.74, 6) is -1.22. The van der Waals surface area contributed by atoms with E-state index in [4.69, 9.17) is 18.5 Å². The number of ether oxygens (including phenoxy) is 2. The maximum Gasteiger partial charge on any atom is 0.472 e. The van der Waals surface area contributed by atoms with Crippen LogP contribution in [0.5, 0.6) is 0 Å². The SMILES string of the molecule is CC/C=C\CC(O)/C=C/C=C/C/C=C\C/C=C\C/C=C\CCC(=O)O[C@H](COC(=O)CCCCCCCCCCCCCCC)COP(=O)(O)OC1[C@H](O)[C@H](O)C(O)[C@H](O)[C@H]1O. The average molecular weight is 899 g/mol. The molecule has 1 rings (SSSR count). The van der Waals surface area contributed by atoms with Crippen molar-refractivity contribution >= 4 is 19.8 Å². The van der Waals surface area contributed by atoms with Crippen LogP contribution < -0.4 is 0 Å². The molecule has 1 fully saturated rings. The minimum Gasteiger partial charge on any atom is -0.462 e. The van der Waals surface area contributed by atoms with Crippen LogP contribution in [0.3, 0.4) is 0 Å². The molecule has 0 heterocycles. The van der Waals surface area contributed by atoms with E-state index in [0.29, 0.717) is 25.7 Å².